The Hall–Kier alpha value is -5.22. The van der Waals surface area contributed by atoms with Gasteiger partial charge in [-0.15, -0.1) is 0 Å². The number of methoxy groups -OCH3 is 2. The molecule has 0 bridgehead atoms. The highest BCUT2D eigenvalue weighted by molar-refractivity contribution is 5.94. The van der Waals surface area contributed by atoms with E-state index >= 15 is 0 Å². The topological polar surface area (TPSA) is 149 Å². The standard InChI is InChI=1S/2C24H33N3O4/c2*1-18-7-6-8-19(2)24(18)25-23(29)16-27-13-11-26(12-14-27)15-20(28)17-31-22-10-5-4-9-21(22)30-3/h2*4-10,20,28H,11-17H2,1-3H3,(H,25,29)/t2*20-/m10/s1. The maximum absolute atomic E-state index is 12.5. The molecule has 0 radical (unpaired) electrons. The van der Waals surface area contributed by atoms with Crippen molar-refractivity contribution in [3.05, 3.63) is 107 Å². The molecule has 2 amide bonds. The zero-order valence-electron chi connectivity index (χ0n) is 37.3. The lowest BCUT2D eigenvalue weighted by Gasteiger charge is -2.35. The van der Waals surface area contributed by atoms with Crippen molar-refractivity contribution in [3.63, 3.8) is 0 Å². The number of ether oxygens (including phenoxy) is 4. The van der Waals surface area contributed by atoms with Gasteiger partial charge in [0.15, 0.2) is 23.0 Å². The number of rotatable bonds is 18. The molecule has 0 unspecified atom stereocenters. The molecule has 6 rings (SSSR count). The second-order valence-electron chi connectivity index (χ2n) is 16.0. The van der Waals surface area contributed by atoms with E-state index in [1.54, 1.807) is 14.2 Å². The summed E-state index contributed by atoms with van der Waals surface area (Å²) < 4.78 is 22.0. The van der Waals surface area contributed by atoms with E-state index in [0.717, 1.165) is 86.0 Å². The van der Waals surface area contributed by atoms with Crippen LogP contribution in [0.3, 0.4) is 0 Å². The van der Waals surface area contributed by atoms with Crippen LogP contribution in [0.25, 0.3) is 0 Å². The van der Waals surface area contributed by atoms with Crippen molar-refractivity contribution < 1.29 is 38.7 Å². The predicted octanol–water partition coefficient (Wildman–Crippen LogP) is 4.62. The normalized spacial score (nSPS) is 16.0. The van der Waals surface area contributed by atoms with Gasteiger partial charge in [-0.1, -0.05) is 60.7 Å². The Morgan fingerprint density at radius 3 is 1.13 bits per heavy atom. The number of nitrogens with one attached hydrogen (secondary N) is 2. The molecule has 4 N–H and O–H groups in total. The van der Waals surface area contributed by atoms with Gasteiger partial charge in [0, 0.05) is 76.8 Å². The summed E-state index contributed by atoms with van der Waals surface area (Å²) in [6, 6.07) is 26.8. The first-order chi connectivity index (χ1) is 29.9. The molecular weight excluding hydrogens is 789 g/mol. The van der Waals surface area contributed by atoms with E-state index in [0.29, 0.717) is 49.2 Å². The van der Waals surface area contributed by atoms with E-state index in [2.05, 4.69) is 30.2 Å². The number of β-amino-alcohol motifs (C(OH)–C–C–N with tert-alkyl or cyclic N) is 2. The lowest BCUT2D eigenvalue weighted by atomic mass is 10.1. The summed E-state index contributed by atoms with van der Waals surface area (Å²) in [5.74, 6) is 2.59. The molecular formula is C48H66N6O8. The Morgan fingerprint density at radius 1 is 0.500 bits per heavy atom. The number of para-hydroxylation sites is 6. The molecule has 2 saturated heterocycles. The van der Waals surface area contributed by atoms with Gasteiger partial charge in [0.05, 0.1) is 27.3 Å². The van der Waals surface area contributed by atoms with Gasteiger partial charge in [-0.05, 0) is 74.2 Å². The SMILES string of the molecule is COc1ccccc1OC[C@@H](O)CN1CCN(CC(=O)Nc2c(C)cccc2C)CC1.COc1ccccc1OC[C@H](O)CN1CCN(CC(=O)Nc2c(C)cccc2C)CC1. The van der Waals surface area contributed by atoms with Gasteiger partial charge in [-0.2, -0.15) is 0 Å². The molecule has 336 valence electrons. The summed E-state index contributed by atoms with van der Waals surface area (Å²) in [5, 5.41) is 26.8. The number of nitrogens with zero attached hydrogens (tertiary/aromatic N) is 4. The third-order valence-electron chi connectivity index (χ3n) is 11.1. The quantitative estimate of drug-likeness (QED) is 0.111. The molecule has 0 saturated carbocycles. The summed E-state index contributed by atoms with van der Waals surface area (Å²) in [6.45, 7) is 16.7. The Morgan fingerprint density at radius 2 is 0.806 bits per heavy atom. The van der Waals surface area contributed by atoms with Crippen molar-refractivity contribution >= 4 is 23.2 Å². The van der Waals surface area contributed by atoms with Gasteiger partial charge >= 0.3 is 0 Å². The van der Waals surface area contributed by atoms with Crippen LogP contribution in [0.1, 0.15) is 22.3 Å². The third kappa shape index (κ3) is 15.0. The molecule has 14 nitrogen and oxygen atoms in total. The maximum Gasteiger partial charge on any atom is 0.238 e. The van der Waals surface area contributed by atoms with Gasteiger partial charge in [0.25, 0.3) is 0 Å². The number of aryl methyl sites for hydroxylation is 4. The number of carbonyl (C=O) groups excluding carboxylic acids is 2. The van der Waals surface area contributed by atoms with Crippen LogP contribution in [-0.4, -0.2) is 160 Å². The summed E-state index contributed by atoms with van der Waals surface area (Å²) in [5.41, 5.74) is 6.10. The van der Waals surface area contributed by atoms with Crippen LogP contribution in [0.15, 0.2) is 84.9 Å². The minimum absolute atomic E-state index is 0.0103. The van der Waals surface area contributed by atoms with Crippen molar-refractivity contribution in [1.29, 1.82) is 0 Å². The number of aliphatic hydroxyl groups excluding tert-OH is 2. The first kappa shape index (κ1) is 47.8. The number of hydrogen-bond donors (Lipinski definition) is 4. The monoisotopic (exact) mass is 854 g/mol. The molecule has 2 atom stereocenters. The van der Waals surface area contributed by atoms with E-state index in [1.165, 1.54) is 0 Å². The van der Waals surface area contributed by atoms with Gasteiger partial charge < -0.3 is 39.8 Å². The van der Waals surface area contributed by atoms with E-state index in [9.17, 15) is 19.8 Å². The van der Waals surface area contributed by atoms with E-state index < -0.39 is 12.2 Å². The Labute approximate surface area is 367 Å². The number of amides is 2. The van der Waals surface area contributed by atoms with Gasteiger partial charge in [0.2, 0.25) is 11.8 Å². The second kappa shape index (κ2) is 24.4. The van der Waals surface area contributed by atoms with E-state index in [1.807, 2.05) is 113 Å². The highest BCUT2D eigenvalue weighted by Crippen LogP contribution is 2.27. The Balaban J connectivity index is 0.000000234. The Bertz CT molecular complexity index is 1830. The van der Waals surface area contributed by atoms with Crippen LogP contribution in [0, 0.1) is 27.7 Å². The van der Waals surface area contributed by atoms with Crippen LogP contribution in [0.2, 0.25) is 0 Å². The van der Waals surface area contributed by atoms with Gasteiger partial charge in [0.1, 0.15) is 25.4 Å². The highest BCUT2D eigenvalue weighted by Gasteiger charge is 2.23. The van der Waals surface area contributed by atoms with Crippen LogP contribution in [-0.2, 0) is 9.59 Å². The minimum atomic E-state index is -0.594. The molecule has 0 aliphatic carbocycles. The van der Waals surface area contributed by atoms with E-state index in [-0.39, 0.29) is 25.0 Å². The van der Waals surface area contributed by atoms with Crippen LogP contribution < -0.4 is 29.6 Å². The van der Waals surface area contributed by atoms with Crippen molar-refractivity contribution in [2.24, 2.45) is 0 Å². The van der Waals surface area contributed by atoms with Gasteiger partial charge in [-0.25, -0.2) is 0 Å². The fourth-order valence-corrected chi connectivity index (χ4v) is 7.60. The third-order valence-corrected chi connectivity index (χ3v) is 11.1. The van der Waals surface area contributed by atoms with Crippen molar-refractivity contribution in [2.45, 2.75) is 39.9 Å². The molecule has 2 aliphatic rings. The first-order valence-corrected chi connectivity index (χ1v) is 21.4. The lowest BCUT2D eigenvalue weighted by molar-refractivity contribution is -0.118. The van der Waals surface area contributed by atoms with Crippen LogP contribution >= 0.6 is 0 Å². The van der Waals surface area contributed by atoms with E-state index in [4.69, 9.17) is 18.9 Å². The zero-order valence-corrected chi connectivity index (χ0v) is 37.3. The molecule has 0 spiro atoms. The number of aliphatic hydroxyl groups is 2. The zero-order chi connectivity index (χ0) is 44.4. The molecule has 62 heavy (non-hydrogen) atoms. The molecule has 2 fully saturated rings. The summed E-state index contributed by atoms with van der Waals surface area (Å²) >= 11 is 0. The summed E-state index contributed by atoms with van der Waals surface area (Å²) in [6.07, 6.45) is -1.19. The molecule has 4 aromatic rings. The number of benzene rings is 4. The molecule has 2 heterocycles. The Kier molecular flexibility index (Phi) is 18.8. The number of carbonyl (C=O) groups is 2. The fraction of sp³-hybridized carbons (Fsp3) is 0.458. The van der Waals surface area contributed by atoms with Crippen molar-refractivity contribution in [2.75, 3.05) is 117 Å². The molecule has 0 aromatic heterocycles. The maximum atomic E-state index is 12.5. The highest BCUT2D eigenvalue weighted by atomic mass is 16.5. The summed E-state index contributed by atoms with van der Waals surface area (Å²) in [7, 11) is 3.20. The van der Waals surface area contributed by atoms with Crippen LogP contribution in [0.4, 0.5) is 11.4 Å². The number of piperazine rings is 2. The largest absolute Gasteiger partial charge is 0.493 e. The first-order valence-electron chi connectivity index (χ1n) is 21.4. The summed E-state index contributed by atoms with van der Waals surface area (Å²) in [4.78, 5) is 33.7. The minimum Gasteiger partial charge on any atom is -0.493 e. The average Bonchev–Trinajstić information content (AvgIpc) is 3.26. The van der Waals surface area contributed by atoms with Crippen molar-refractivity contribution in [1.82, 2.24) is 19.6 Å². The molecule has 4 aromatic carbocycles. The molecule has 2 aliphatic heterocycles. The number of anilines is 2. The average molecular weight is 855 g/mol. The molecule has 14 heteroatoms. The number of hydrogen-bond acceptors (Lipinski definition) is 12. The lowest BCUT2D eigenvalue weighted by Crippen LogP contribution is -2.50. The van der Waals surface area contributed by atoms with Crippen LogP contribution in [0.5, 0.6) is 23.0 Å². The predicted molar refractivity (Wildman–Crippen MR) is 244 cm³/mol. The fourth-order valence-electron chi connectivity index (χ4n) is 7.60. The second-order valence-corrected chi connectivity index (χ2v) is 16.0. The van der Waals surface area contributed by atoms with Gasteiger partial charge in [-0.3, -0.25) is 29.2 Å². The van der Waals surface area contributed by atoms with Crippen molar-refractivity contribution in [3.8, 4) is 23.0 Å². The smallest absolute Gasteiger partial charge is 0.238 e.